The third-order valence-electron chi connectivity index (χ3n) is 3.71. The van der Waals surface area contributed by atoms with Gasteiger partial charge in [-0.2, -0.15) is 5.10 Å². The Kier molecular flexibility index (Phi) is 4.99. The van der Waals surface area contributed by atoms with Crippen LogP contribution in [0.4, 0.5) is 18.9 Å². The summed E-state index contributed by atoms with van der Waals surface area (Å²) in [5.41, 5.74) is 0.0555. The Morgan fingerprint density at radius 1 is 1.19 bits per heavy atom. The molecule has 1 N–H and O–H groups in total. The lowest BCUT2D eigenvalue weighted by Crippen LogP contribution is -2.14. The van der Waals surface area contributed by atoms with Crippen LogP contribution in [0.15, 0.2) is 48.7 Å². The molecule has 8 heteroatoms. The van der Waals surface area contributed by atoms with Gasteiger partial charge in [-0.15, -0.1) is 0 Å². The van der Waals surface area contributed by atoms with Crippen LogP contribution in [0.25, 0.3) is 11.1 Å². The first-order chi connectivity index (χ1) is 12.4. The summed E-state index contributed by atoms with van der Waals surface area (Å²) in [6, 6.07) is 10.6. The molecular weight excluding hydrogens is 367 g/mol. The van der Waals surface area contributed by atoms with Gasteiger partial charge in [0, 0.05) is 35.1 Å². The maximum absolute atomic E-state index is 14.2. The monoisotopic (exact) mass is 379 g/mol. The van der Waals surface area contributed by atoms with Crippen LogP contribution in [-0.2, 0) is 7.05 Å². The molecule has 0 aliphatic carbocycles. The van der Waals surface area contributed by atoms with Crippen LogP contribution in [0.3, 0.4) is 0 Å². The van der Waals surface area contributed by atoms with Gasteiger partial charge in [-0.25, -0.2) is 13.2 Å². The summed E-state index contributed by atoms with van der Waals surface area (Å²) in [7, 11) is 1.44. The van der Waals surface area contributed by atoms with Crippen LogP contribution >= 0.6 is 11.6 Å². The molecule has 1 heterocycles. The van der Waals surface area contributed by atoms with E-state index in [4.69, 9.17) is 11.6 Å². The number of aryl methyl sites for hydroxylation is 1. The summed E-state index contributed by atoms with van der Waals surface area (Å²) < 4.78 is 41.5. The highest BCUT2D eigenvalue weighted by molar-refractivity contribution is 6.30. The van der Waals surface area contributed by atoms with Crippen LogP contribution in [0.2, 0.25) is 5.02 Å². The van der Waals surface area contributed by atoms with Crippen molar-refractivity contribution in [2.24, 2.45) is 7.05 Å². The van der Waals surface area contributed by atoms with Crippen molar-refractivity contribution >= 4 is 23.2 Å². The van der Waals surface area contributed by atoms with Gasteiger partial charge in [0.05, 0.1) is 5.56 Å². The predicted molar refractivity (Wildman–Crippen MR) is 93.0 cm³/mol. The zero-order chi connectivity index (χ0) is 18.8. The minimum absolute atomic E-state index is 0.227. The van der Waals surface area contributed by atoms with Crippen molar-refractivity contribution in [1.29, 1.82) is 0 Å². The molecule has 0 bridgehead atoms. The molecule has 0 atom stereocenters. The van der Waals surface area contributed by atoms with Gasteiger partial charge in [-0.1, -0.05) is 29.8 Å². The van der Waals surface area contributed by atoms with Gasteiger partial charge in [0.2, 0.25) is 0 Å². The normalized spacial score (nSPS) is 11.0. The number of carbonyl (C=O) groups is 1. The molecule has 0 radical (unpaired) electrons. The Labute approximate surface area is 152 Å². The smallest absolute Gasteiger partial charge is 0.282 e. The summed E-state index contributed by atoms with van der Waals surface area (Å²) in [6.45, 7) is 0. The molecular formula is C18H13ClF3N3O. The van der Waals surface area contributed by atoms with E-state index in [1.54, 1.807) is 24.3 Å². The van der Waals surface area contributed by atoms with E-state index >= 15 is 0 Å². The van der Waals surface area contributed by atoms with Gasteiger partial charge >= 0.3 is 0 Å². The quantitative estimate of drug-likeness (QED) is 0.688. The first-order valence-electron chi connectivity index (χ1n) is 7.54. The number of para-hydroxylation sites is 1. The number of alkyl halides is 2. The number of carbonyl (C=O) groups excluding carboxylic acids is 1. The maximum atomic E-state index is 14.2. The molecule has 26 heavy (non-hydrogen) atoms. The second kappa shape index (κ2) is 7.21. The van der Waals surface area contributed by atoms with E-state index in [0.717, 1.165) is 10.7 Å². The third-order valence-corrected chi connectivity index (χ3v) is 3.94. The van der Waals surface area contributed by atoms with Gasteiger partial charge in [-0.05, 0) is 24.3 Å². The molecule has 134 valence electrons. The van der Waals surface area contributed by atoms with Crippen LogP contribution in [0.5, 0.6) is 0 Å². The molecule has 0 spiro atoms. The zero-order valence-electron chi connectivity index (χ0n) is 13.5. The molecule has 2 aromatic carbocycles. The van der Waals surface area contributed by atoms with Crippen LogP contribution in [0.1, 0.15) is 22.5 Å². The number of rotatable bonds is 4. The number of nitrogens with zero attached hydrogens (tertiary/aromatic N) is 2. The summed E-state index contributed by atoms with van der Waals surface area (Å²) in [5, 5.41) is 6.40. The van der Waals surface area contributed by atoms with E-state index in [0.29, 0.717) is 5.56 Å². The van der Waals surface area contributed by atoms with Crippen LogP contribution < -0.4 is 5.32 Å². The third kappa shape index (κ3) is 3.57. The van der Waals surface area contributed by atoms with E-state index in [-0.39, 0.29) is 21.8 Å². The average molecular weight is 380 g/mol. The summed E-state index contributed by atoms with van der Waals surface area (Å²) in [5.74, 6) is -1.32. The summed E-state index contributed by atoms with van der Waals surface area (Å²) >= 11 is 5.77. The first-order valence-corrected chi connectivity index (χ1v) is 7.92. The van der Waals surface area contributed by atoms with Crippen molar-refractivity contribution in [1.82, 2.24) is 9.78 Å². The molecule has 1 aromatic heterocycles. The topological polar surface area (TPSA) is 46.9 Å². The second-order valence-corrected chi connectivity index (χ2v) is 5.96. The van der Waals surface area contributed by atoms with E-state index in [9.17, 15) is 18.0 Å². The van der Waals surface area contributed by atoms with Crippen molar-refractivity contribution in [2.45, 2.75) is 6.43 Å². The van der Waals surface area contributed by atoms with Crippen LogP contribution in [-0.4, -0.2) is 15.7 Å². The van der Waals surface area contributed by atoms with Crippen molar-refractivity contribution in [3.63, 3.8) is 0 Å². The Morgan fingerprint density at radius 3 is 2.62 bits per heavy atom. The van der Waals surface area contributed by atoms with Crippen molar-refractivity contribution < 1.29 is 18.0 Å². The molecule has 0 aliphatic heterocycles. The fourth-order valence-electron chi connectivity index (χ4n) is 2.57. The molecule has 1 amide bonds. The molecule has 3 aromatic rings. The highest BCUT2D eigenvalue weighted by Gasteiger charge is 2.23. The van der Waals surface area contributed by atoms with Crippen molar-refractivity contribution in [3.8, 4) is 11.1 Å². The number of anilines is 1. The largest absolute Gasteiger partial charge is 0.321 e. The molecule has 3 rings (SSSR count). The lowest BCUT2D eigenvalue weighted by molar-refractivity contribution is 0.101. The molecule has 0 saturated heterocycles. The number of aromatic nitrogens is 2. The minimum Gasteiger partial charge on any atom is -0.321 e. The number of hydrogen-bond donors (Lipinski definition) is 1. The lowest BCUT2D eigenvalue weighted by atomic mass is 10.0. The van der Waals surface area contributed by atoms with E-state index in [1.807, 2.05) is 0 Å². The lowest BCUT2D eigenvalue weighted by Gasteiger charge is -2.12. The molecule has 0 saturated carbocycles. The Morgan fingerprint density at radius 2 is 1.92 bits per heavy atom. The zero-order valence-corrected chi connectivity index (χ0v) is 14.3. The predicted octanol–water partition coefficient (Wildman–Crippen LogP) is 5.07. The Hall–Kier alpha value is -2.80. The second-order valence-electron chi connectivity index (χ2n) is 5.53. The average Bonchev–Trinajstić information content (AvgIpc) is 2.98. The van der Waals surface area contributed by atoms with Crippen molar-refractivity contribution in [3.05, 3.63) is 70.8 Å². The molecule has 0 unspecified atom stereocenters. The SMILES string of the molecule is Cn1cc(C(=O)Nc2ccccc2-c2ccc(Cl)cc2F)c(C(F)F)n1. The van der Waals surface area contributed by atoms with Gasteiger partial charge in [0.25, 0.3) is 12.3 Å². The maximum Gasteiger partial charge on any atom is 0.282 e. The Balaban J connectivity index is 1.98. The fraction of sp³-hybridized carbons (Fsp3) is 0.111. The van der Waals surface area contributed by atoms with E-state index < -0.39 is 23.8 Å². The first kappa shape index (κ1) is 18.0. The minimum atomic E-state index is -2.89. The molecule has 0 fully saturated rings. The summed E-state index contributed by atoms with van der Waals surface area (Å²) in [4.78, 5) is 12.5. The Bertz CT molecular complexity index is 972. The van der Waals surface area contributed by atoms with E-state index in [2.05, 4.69) is 10.4 Å². The molecule has 0 aliphatic rings. The fourth-order valence-corrected chi connectivity index (χ4v) is 2.73. The highest BCUT2D eigenvalue weighted by Crippen LogP contribution is 2.32. The summed E-state index contributed by atoms with van der Waals surface area (Å²) in [6.07, 6.45) is -1.68. The number of halogens is 4. The highest BCUT2D eigenvalue weighted by atomic mass is 35.5. The van der Waals surface area contributed by atoms with Gasteiger partial charge < -0.3 is 5.32 Å². The standard InChI is InChI=1S/C18H13ClF3N3O/c1-25-9-13(16(24-25)17(21)22)18(26)23-15-5-3-2-4-12(15)11-7-6-10(19)8-14(11)20/h2-9,17H,1H3,(H,23,26). The number of nitrogens with one attached hydrogen (secondary N) is 1. The molecule has 4 nitrogen and oxygen atoms in total. The van der Waals surface area contributed by atoms with E-state index in [1.165, 1.54) is 25.4 Å². The number of hydrogen-bond acceptors (Lipinski definition) is 2. The van der Waals surface area contributed by atoms with Gasteiger partial charge in [0.15, 0.2) is 0 Å². The van der Waals surface area contributed by atoms with Gasteiger partial charge in [0.1, 0.15) is 11.5 Å². The van der Waals surface area contributed by atoms with Gasteiger partial charge in [-0.3, -0.25) is 9.48 Å². The van der Waals surface area contributed by atoms with Crippen LogP contribution in [0, 0.1) is 5.82 Å². The number of benzene rings is 2. The van der Waals surface area contributed by atoms with Crippen molar-refractivity contribution in [2.75, 3.05) is 5.32 Å². The number of amides is 1.